The molecule has 82 valence electrons. The molecular formula is C10H12BrNO3. The number of aromatic nitrogens is 1. The van der Waals surface area contributed by atoms with Crippen molar-refractivity contribution in [2.45, 2.75) is 6.54 Å². The van der Waals surface area contributed by atoms with Crippen molar-refractivity contribution in [3.05, 3.63) is 33.2 Å². The van der Waals surface area contributed by atoms with Crippen LogP contribution >= 0.6 is 15.9 Å². The highest BCUT2D eigenvalue weighted by atomic mass is 79.9. The summed E-state index contributed by atoms with van der Waals surface area (Å²) in [5.74, 6) is 0. The first-order valence-corrected chi connectivity index (χ1v) is 5.49. The summed E-state index contributed by atoms with van der Waals surface area (Å²) in [7, 11) is 0. The normalized spacial score (nSPS) is 18.5. The van der Waals surface area contributed by atoms with Gasteiger partial charge in [-0.05, 0) is 22.0 Å². The van der Waals surface area contributed by atoms with Crippen LogP contribution in [0.3, 0.4) is 0 Å². The van der Waals surface area contributed by atoms with Gasteiger partial charge in [0.15, 0.2) is 0 Å². The van der Waals surface area contributed by atoms with Crippen LogP contribution in [0, 0.1) is 5.41 Å². The SMILES string of the molecule is O=c1ccc(Br)cn1CC1(CO)COC1. The molecule has 1 aliphatic rings. The Morgan fingerprint density at radius 3 is 2.80 bits per heavy atom. The van der Waals surface area contributed by atoms with Crippen LogP contribution in [-0.2, 0) is 11.3 Å². The van der Waals surface area contributed by atoms with Crippen molar-refractivity contribution in [1.29, 1.82) is 0 Å². The smallest absolute Gasteiger partial charge is 0.250 e. The van der Waals surface area contributed by atoms with Gasteiger partial charge in [0.1, 0.15) is 0 Å². The van der Waals surface area contributed by atoms with E-state index in [1.165, 1.54) is 6.07 Å². The summed E-state index contributed by atoms with van der Waals surface area (Å²) >= 11 is 3.31. The molecule has 1 aromatic heterocycles. The molecule has 0 atom stereocenters. The highest BCUT2D eigenvalue weighted by Gasteiger charge is 2.38. The van der Waals surface area contributed by atoms with Crippen molar-refractivity contribution in [2.24, 2.45) is 5.41 Å². The van der Waals surface area contributed by atoms with Crippen LogP contribution in [-0.4, -0.2) is 29.5 Å². The predicted molar refractivity (Wildman–Crippen MR) is 58.7 cm³/mol. The first-order chi connectivity index (χ1) is 7.15. The van der Waals surface area contributed by atoms with Crippen molar-refractivity contribution in [2.75, 3.05) is 19.8 Å². The number of pyridine rings is 1. The summed E-state index contributed by atoms with van der Waals surface area (Å²) in [4.78, 5) is 11.5. The topological polar surface area (TPSA) is 51.5 Å². The van der Waals surface area contributed by atoms with E-state index in [0.717, 1.165) is 4.47 Å². The predicted octanol–water partition coefficient (Wildman–Crippen LogP) is 0.620. The van der Waals surface area contributed by atoms with Gasteiger partial charge in [-0.25, -0.2) is 0 Å². The van der Waals surface area contributed by atoms with Crippen LogP contribution < -0.4 is 5.56 Å². The standard InChI is InChI=1S/C10H12BrNO3/c11-8-1-2-9(14)12(3-8)4-10(5-13)6-15-7-10/h1-3,13H,4-7H2. The average Bonchev–Trinajstić information content (AvgIpc) is 2.17. The Bertz CT molecular complexity index is 406. The number of aliphatic hydroxyl groups excluding tert-OH is 1. The van der Waals surface area contributed by atoms with Gasteiger partial charge in [0, 0.05) is 23.3 Å². The minimum Gasteiger partial charge on any atom is -0.396 e. The number of nitrogens with zero attached hydrogens (tertiary/aromatic N) is 1. The minimum absolute atomic E-state index is 0.0476. The fourth-order valence-corrected chi connectivity index (χ4v) is 1.99. The molecule has 15 heavy (non-hydrogen) atoms. The molecule has 0 unspecified atom stereocenters. The second kappa shape index (κ2) is 4.08. The Morgan fingerprint density at radius 1 is 1.53 bits per heavy atom. The maximum absolute atomic E-state index is 11.5. The van der Waals surface area contributed by atoms with Crippen LogP contribution in [0.25, 0.3) is 0 Å². The lowest BCUT2D eigenvalue weighted by atomic mass is 9.87. The fraction of sp³-hybridized carbons (Fsp3) is 0.500. The van der Waals surface area contributed by atoms with Gasteiger partial charge in [-0.3, -0.25) is 4.79 Å². The third-order valence-electron chi connectivity index (χ3n) is 2.61. The number of rotatable bonds is 3. The second-order valence-electron chi connectivity index (χ2n) is 3.96. The lowest BCUT2D eigenvalue weighted by Crippen LogP contribution is -2.50. The molecule has 4 nitrogen and oxygen atoms in total. The summed E-state index contributed by atoms with van der Waals surface area (Å²) in [5, 5.41) is 9.25. The molecule has 0 radical (unpaired) electrons. The second-order valence-corrected chi connectivity index (χ2v) is 4.88. The van der Waals surface area contributed by atoms with E-state index in [1.807, 2.05) is 0 Å². The molecule has 0 aliphatic carbocycles. The Balaban J connectivity index is 2.23. The molecule has 0 saturated carbocycles. The van der Waals surface area contributed by atoms with E-state index >= 15 is 0 Å². The van der Waals surface area contributed by atoms with Gasteiger partial charge >= 0.3 is 0 Å². The molecule has 0 amide bonds. The van der Waals surface area contributed by atoms with Gasteiger partial charge in [-0.15, -0.1) is 0 Å². The summed E-state index contributed by atoms with van der Waals surface area (Å²) in [6, 6.07) is 3.22. The molecule has 1 N–H and O–H groups in total. The van der Waals surface area contributed by atoms with E-state index in [2.05, 4.69) is 15.9 Å². The number of ether oxygens (including phenoxy) is 1. The van der Waals surface area contributed by atoms with Crippen LogP contribution in [0.2, 0.25) is 0 Å². The fourth-order valence-electron chi connectivity index (χ4n) is 1.61. The van der Waals surface area contributed by atoms with Gasteiger partial charge < -0.3 is 14.4 Å². The average molecular weight is 274 g/mol. The van der Waals surface area contributed by atoms with Crippen molar-refractivity contribution < 1.29 is 9.84 Å². The number of aliphatic hydroxyl groups is 1. The first-order valence-electron chi connectivity index (χ1n) is 4.70. The molecule has 0 spiro atoms. The summed E-state index contributed by atoms with van der Waals surface area (Å²) < 4.78 is 7.54. The zero-order valence-corrected chi connectivity index (χ0v) is 9.74. The maximum Gasteiger partial charge on any atom is 0.250 e. The highest BCUT2D eigenvalue weighted by Crippen LogP contribution is 2.28. The first kappa shape index (κ1) is 10.9. The third-order valence-corrected chi connectivity index (χ3v) is 3.07. The summed E-state index contributed by atoms with van der Waals surface area (Å²) in [5.41, 5.74) is -0.331. The highest BCUT2D eigenvalue weighted by molar-refractivity contribution is 9.10. The van der Waals surface area contributed by atoms with Gasteiger partial charge in [0.25, 0.3) is 5.56 Å². The van der Waals surface area contributed by atoms with Crippen molar-refractivity contribution >= 4 is 15.9 Å². The Labute approximate surface area is 95.6 Å². The molecule has 1 aromatic rings. The summed E-state index contributed by atoms with van der Waals surface area (Å²) in [6.45, 7) is 1.58. The van der Waals surface area contributed by atoms with Gasteiger partial charge in [-0.2, -0.15) is 0 Å². The quantitative estimate of drug-likeness (QED) is 0.879. The van der Waals surface area contributed by atoms with Crippen molar-refractivity contribution in [3.8, 4) is 0 Å². The Hall–Kier alpha value is -0.650. The zero-order valence-electron chi connectivity index (χ0n) is 8.15. The molecule has 1 saturated heterocycles. The lowest BCUT2D eigenvalue weighted by molar-refractivity contribution is -0.145. The van der Waals surface area contributed by atoms with Gasteiger partial charge in [0.05, 0.1) is 25.2 Å². The van der Waals surface area contributed by atoms with Crippen LogP contribution in [0.1, 0.15) is 0 Å². The molecular weight excluding hydrogens is 262 g/mol. The number of hydrogen-bond acceptors (Lipinski definition) is 3. The van der Waals surface area contributed by atoms with Crippen LogP contribution in [0.5, 0.6) is 0 Å². The van der Waals surface area contributed by atoms with Crippen molar-refractivity contribution in [3.63, 3.8) is 0 Å². The van der Waals surface area contributed by atoms with Crippen LogP contribution in [0.15, 0.2) is 27.6 Å². The molecule has 1 aliphatic heterocycles. The largest absolute Gasteiger partial charge is 0.396 e. The number of halogens is 1. The Kier molecular flexibility index (Phi) is 2.95. The van der Waals surface area contributed by atoms with E-state index in [4.69, 9.17) is 4.74 Å². The number of hydrogen-bond donors (Lipinski definition) is 1. The van der Waals surface area contributed by atoms with E-state index in [-0.39, 0.29) is 17.6 Å². The molecule has 2 rings (SSSR count). The van der Waals surface area contributed by atoms with E-state index in [0.29, 0.717) is 19.8 Å². The van der Waals surface area contributed by atoms with Gasteiger partial charge in [0.2, 0.25) is 0 Å². The van der Waals surface area contributed by atoms with Gasteiger partial charge in [-0.1, -0.05) is 0 Å². The van der Waals surface area contributed by atoms with E-state index in [1.54, 1.807) is 16.8 Å². The summed E-state index contributed by atoms with van der Waals surface area (Å²) in [6.07, 6.45) is 1.73. The minimum atomic E-state index is -0.273. The lowest BCUT2D eigenvalue weighted by Gasteiger charge is -2.40. The molecule has 2 heterocycles. The van der Waals surface area contributed by atoms with E-state index in [9.17, 15) is 9.90 Å². The third kappa shape index (κ3) is 2.14. The van der Waals surface area contributed by atoms with Crippen LogP contribution in [0.4, 0.5) is 0 Å². The molecule has 1 fully saturated rings. The molecule has 5 heteroatoms. The Morgan fingerprint density at radius 2 is 2.27 bits per heavy atom. The molecule has 0 bridgehead atoms. The van der Waals surface area contributed by atoms with E-state index < -0.39 is 0 Å². The maximum atomic E-state index is 11.5. The zero-order chi connectivity index (χ0) is 10.9. The molecule has 0 aromatic carbocycles. The van der Waals surface area contributed by atoms with Crippen molar-refractivity contribution in [1.82, 2.24) is 4.57 Å². The monoisotopic (exact) mass is 273 g/mol.